The van der Waals surface area contributed by atoms with Crippen molar-refractivity contribution in [3.63, 3.8) is 0 Å². The van der Waals surface area contributed by atoms with Crippen molar-refractivity contribution in [3.05, 3.63) is 23.9 Å². The smallest absolute Gasteiger partial charge is 0.311 e. The van der Waals surface area contributed by atoms with E-state index in [0.29, 0.717) is 17.6 Å². The van der Waals surface area contributed by atoms with Crippen LogP contribution in [0.15, 0.2) is 18.3 Å². The SMILES string of the molecule is CCC(C(=O)O)c1ccc2nc(-c3nn[nH]n3)c(O)n2c1. The fourth-order valence-corrected chi connectivity index (χ4v) is 2.22. The van der Waals surface area contributed by atoms with Crippen LogP contribution in [-0.4, -0.2) is 46.2 Å². The van der Waals surface area contributed by atoms with Crippen molar-refractivity contribution in [1.29, 1.82) is 0 Å². The number of carboxylic acids is 1. The van der Waals surface area contributed by atoms with E-state index in [1.54, 1.807) is 25.3 Å². The number of nitrogens with one attached hydrogen (secondary N) is 1. The van der Waals surface area contributed by atoms with E-state index in [0.717, 1.165) is 0 Å². The first kappa shape index (κ1) is 13.0. The van der Waals surface area contributed by atoms with Crippen molar-refractivity contribution in [1.82, 2.24) is 30.0 Å². The van der Waals surface area contributed by atoms with Crippen molar-refractivity contribution in [2.24, 2.45) is 0 Å². The lowest BCUT2D eigenvalue weighted by atomic mass is 9.98. The fraction of sp³-hybridized carbons (Fsp3) is 0.250. The van der Waals surface area contributed by atoms with Crippen molar-refractivity contribution >= 4 is 11.6 Å². The summed E-state index contributed by atoms with van der Waals surface area (Å²) in [5.74, 6) is -1.53. The van der Waals surface area contributed by atoms with Crippen LogP contribution in [0.5, 0.6) is 5.88 Å². The maximum absolute atomic E-state index is 11.2. The summed E-state index contributed by atoms with van der Waals surface area (Å²) in [6, 6.07) is 3.33. The number of aromatic hydroxyl groups is 1. The lowest BCUT2D eigenvalue weighted by Gasteiger charge is -2.10. The number of carbonyl (C=O) groups is 1. The Hall–Kier alpha value is -2.97. The van der Waals surface area contributed by atoms with Gasteiger partial charge in [0.25, 0.3) is 0 Å². The second-order valence-electron chi connectivity index (χ2n) is 4.51. The maximum Gasteiger partial charge on any atom is 0.311 e. The van der Waals surface area contributed by atoms with Gasteiger partial charge in [0.2, 0.25) is 11.7 Å². The highest BCUT2D eigenvalue weighted by Gasteiger charge is 2.21. The van der Waals surface area contributed by atoms with Crippen LogP contribution in [0.4, 0.5) is 0 Å². The number of hydrogen-bond acceptors (Lipinski definition) is 6. The number of aromatic amines is 1. The third kappa shape index (κ3) is 2.08. The Labute approximate surface area is 118 Å². The minimum Gasteiger partial charge on any atom is -0.493 e. The first-order valence-corrected chi connectivity index (χ1v) is 6.29. The van der Waals surface area contributed by atoms with Gasteiger partial charge in [0.05, 0.1) is 5.92 Å². The summed E-state index contributed by atoms with van der Waals surface area (Å²) in [6.07, 6.45) is 2.01. The number of nitrogens with zero attached hydrogens (tertiary/aromatic N) is 5. The van der Waals surface area contributed by atoms with E-state index in [-0.39, 0.29) is 17.4 Å². The molecule has 1 atom stereocenters. The normalized spacial score (nSPS) is 12.6. The topological polar surface area (TPSA) is 129 Å². The highest BCUT2D eigenvalue weighted by molar-refractivity contribution is 5.76. The number of fused-ring (bicyclic) bond motifs is 1. The summed E-state index contributed by atoms with van der Waals surface area (Å²) < 4.78 is 1.41. The van der Waals surface area contributed by atoms with Crippen LogP contribution in [0.1, 0.15) is 24.8 Å². The Kier molecular flexibility index (Phi) is 3.01. The molecule has 3 N–H and O–H groups in total. The molecule has 0 saturated heterocycles. The molecule has 9 heteroatoms. The van der Waals surface area contributed by atoms with Gasteiger partial charge in [0.1, 0.15) is 5.65 Å². The molecule has 0 aliphatic heterocycles. The first-order chi connectivity index (χ1) is 10.1. The van der Waals surface area contributed by atoms with Gasteiger partial charge in [-0.2, -0.15) is 5.21 Å². The average molecular weight is 288 g/mol. The Morgan fingerprint density at radius 2 is 2.29 bits per heavy atom. The molecule has 0 fully saturated rings. The third-order valence-corrected chi connectivity index (χ3v) is 3.28. The van der Waals surface area contributed by atoms with Crippen LogP contribution in [0, 0.1) is 0 Å². The zero-order valence-corrected chi connectivity index (χ0v) is 11.1. The molecule has 3 rings (SSSR count). The molecule has 21 heavy (non-hydrogen) atoms. The second kappa shape index (κ2) is 4.85. The summed E-state index contributed by atoms with van der Waals surface area (Å²) in [5, 5.41) is 32.7. The van der Waals surface area contributed by atoms with Crippen LogP contribution in [0.2, 0.25) is 0 Å². The molecule has 0 aliphatic rings. The summed E-state index contributed by atoms with van der Waals surface area (Å²) in [6.45, 7) is 1.79. The lowest BCUT2D eigenvalue weighted by Crippen LogP contribution is -2.11. The molecular weight excluding hydrogens is 276 g/mol. The molecule has 1 unspecified atom stereocenters. The molecule has 0 amide bonds. The van der Waals surface area contributed by atoms with Gasteiger partial charge in [-0.25, -0.2) is 4.98 Å². The van der Waals surface area contributed by atoms with Crippen molar-refractivity contribution < 1.29 is 15.0 Å². The average Bonchev–Trinajstić information content (AvgIpc) is 3.08. The minimum absolute atomic E-state index is 0.159. The molecule has 0 spiro atoms. The number of pyridine rings is 1. The number of H-pyrrole nitrogens is 1. The van der Waals surface area contributed by atoms with Gasteiger partial charge in [0.15, 0.2) is 5.69 Å². The Morgan fingerprint density at radius 3 is 2.90 bits per heavy atom. The maximum atomic E-state index is 11.2. The van der Waals surface area contributed by atoms with E-state index in [1.165, 1.54) is 4.40 Å². The highest BCUT2D eigenvalue weighted by atomic mass is 16.4. The molecule has 3 aromatic rings. The van der Waals surface area contributed by atoms with E-state index in [9.17, 15) is 15.0 Å². The van der Waals surface area contributed by atoms with Gasteiger partial charge in [-0.3, -0.25) is 9.20 Å². The van der Waals surface area contributed by atoms with Crippen molar-refractivity contribution in [2.45, 2.75) is 19.3 Å². The number of rotatable bonds is 4. The number of hydrogen-bond donors (Lipinski definition) is 3. The minimum atomic E-state index is -0.908. The van der Waals surface area contributed by atoms with Gasteiger partial charge >= 0.3 is 5.97 Å². The van der Waals surface area contributed by atoms with Gasteiger partial charge in [-0.1, -0.05) is 13.0 Å². The number of imidazole rings is 1. The second-order valence-corrected chi connectivity index (χ2v) is 4.51. The molecular formula is C12H12N6O3. The molecule has 0 aliphatic carbocycles. The monoisotopic (exact) mass is 288 g/mol. The number of aliphatic carboxylic acids is 1. The Bertz CT molecular complexity index is 795. The zero-order valence-electron chi connectivity index (χ0n) is 11.1. The van der Waals surface area contributed by atoms with Gasteiger partial charge in [-0.05, 0) is 23.3 Å². The van der Waals surface area contributed by atoms with Crippen LogP contribution < -0.4 is 0 Å². The molecule has 0 radical (unpaired) electrons. The molecule has 3 aromatic heterocycles. The van der Waals surface area contributed by atoms with Gasteiger partial charge in [-0.15, -0.1) is 10.2 Å². The predicted molar refractivity (Wildman–Crippen MR) is 70.7 cm³/mol. The molecule has 0 saturated carbocycles. The number of carboxylic acid groups (broad SMARTS) is 1. The molecule has 0 bridgehead atoms. The molecule has 9 nitrogen and oxygen atoms in total. The summed E-state index contributed by atoms with van der Waals surface area (Å²) in [7, 11) is 0. The van der Waals surface area contributed by atoms with E-state index in [2.05, 4.69) is 25.6 Å². The van der Waals surface area contributed by atoms with Gasteiger partial charge in [0, 0.05) is 6.20 Å². The predicted octanol–water partition coefficient (Wildman–Crippen LogP) is 0.798. The van der Waals surface area contributed by atoms with Crippen molar-refractivity contribution in [3.8, 4) is 17.4 Å². The fourth-order valence-electron chi connectivity index (χ4n) is 2.22. The zero-order chi connectivity index (χ0) is 15.0. The summed E-state index contributed by atoms with van der Waals surface area (Å²) >= 11 is 0. The Morgan fingerprint density at radius 1 is 1.48 bits per heavy atom. The summed E-state index contributed by atoms with van der Waals surface area (Å²) in [5.41, 5.74) is 1.24. The number of tetrazole rings is 1. The summed E-state index contributed by atoms with van der Waals surface area (Å²) in [4.78, 5) is 15.4. The van der Waals surface area contributed by atoms with Crippen LogP contribution >= 0.6 is 0 Å². The lowest BCUT2D eigenvalue weighted by molar-refractivity contribution is -0.138. The third-order valence-electron chi connectivity index (χ3n) is 3.28. The standard InChI is InChI=1S/C12H12N6O3/c1-2-7(12(20)21)6-3-4-8-13-9(10-14-16-17-15-10)11(19)18(8)5-6/h3-5,7,19H,2H2,1H3,(H,20,21)(H,14,15,16,17). The van der Waals surface area contributed by atoms with Crippen LogP contribution in [0.3, 0.4) is 0 Å². The van der Waals surface area contributed by atoms with E-state index in [4.69, 9.17) is 0 Å². The molecule has 0 aromatic carbocycles. The van der Waals surface area contributed by atoms with Crippen molar-refractivity contribution in [2.75, 3.05) is 0 Å². The molecule has 3 heterocycles. The Balaban J connectivity index is 2.14. The highest BCUT2D eigenvalue weighted by Crippen LogP contribution is 2.28. The van der Waals surface area contributed by atoms with E-state index < -0.39 is 11.9 Å². The first-order valence-electron chi connectivity index (χ1n) is 6.29. The molecule has 108 valence electrons. The largest absolute Gasteiger partial charge is 0.493 e. The number of aromatic nitrogens is 6. The van der Waals surface area contributed by atoms with Crippen LogP contribution in [-0.2, 0) is 4.79 Å². The van der Waals surface area contributed by atoms with E-state index in [1.807, 2.05) is 0 Å². The van der Waals surface area contributed by atoms with Gasteiger partial charge < -0.3 is 10.2 Å². The quantitative estimate of drug-likeness (QED) is 0.647. The van der Waals surface area contributed by atoms with E-state index >= 15 is 0 Å². The van der Waals surface area contributed by atoms with Crippen LogP contribution in [0.25, 0.3) is 17.2 Å².